The minimum atomic E-state index is -0.375. The molecule has 0 radical (unpaired) electrons. The molecular formula is C28H23FN2O2S2. The molecule has 1 amide bonds. The van der Waals surface area contributed by atoms with Gasteiger partial charge in [0.1, 0.15) is 10.9 Å². The standard InChI is InChI=1S/C28H23FN2O2S2/c29-23-11-5-7-13-25(23)33-17-16-30-19-21(22-10-4-6-12-24(22)30)18-26-27(32)31(28(34)35-26)15-14-20-8-2-1-3-9-20/h1-13,18-19H,14-17H2/b26-18-. The zero-order chi connectivity index (χ0) is 24.2. The summed E-state index contributed by atoms with van der Waals surface area (Å²) >= 11 is 6.86. The predicted molar refractivity (Wildman–Crippen MR) is 144 cm³/mol. The Morgan fingerprint density at radius 3 is 2.51 bits per heavy atom. The number of hydrogen-bond acceptors (Lipinski definition) is 4. The second-order valence-electron chi connectivity index (χ2n) is 8.14. The average molecular weight is 503 g/mol. The summed E-state index contributed by atoms with van der Waals surface area (Å²) in [5.74, 6) is -0.196. The summed E-state index contributed by atoms with van der Waals surface area (Å²) in [5, 5.41) is 1.04. The third kappa shape index (κ3) is 5.16. The number of rotatable bonds is 8. The molecule has 176 valence electrons. The maximum absolute atomic E-state index is 13.9. The fourth-order valence-electron chi connectivity index (χ4n) is 4.11. The van der Waals surface area contributed by atoms with E-state index in [1.165, 1.54) is 23.4 Å². The molecule has 0 atom stereocenters. The SMILES string of the molecule is O=C1/C(=C/c2cn(CCOc3ccccc3F)c3ccccc23)SC(=S)N1CCc1ccccc1. The first-order valence-corrected chi connectivity index (χ1v) is 12.6. The number of ether oxygens (including phenoxy) is 1. The number of carbonyl (C=O) groups is 1. The largest absolute Gasteiger partial charge is 0.489 e. The van der Waals surface area contributed by atoms with Gasteiger partial charge in [-0.05, 0) is 36.3 Å². The number of nitrogens with zero attached hydrogens (tertiary/aromatic N) is 2. The van der Waals surface area contributed by atoms with Gasteiger partial charge < -0.3 is 9.30 Å². The third-order valence-corrected chi connectivity index (χ3v) is 7.25. The highest BCUT2D eigenvalue weighted by atomic mass is 32.2. The lowest BCUT2D eigenvalue weighted by molar-refractivity contribution is -0.122. The van der Waals surface area contributed by atoms with Gasteiger partial charge in [-0.1, -0.05) is 84.6 Å². The van der Waals surface area contributed by atoms with E-state index in [1.54, 1.807) is 23.1 Å². The summed E-state index contributed by atoms with van der Waals surface area (Å²) in [4.78, 5) is 15.4. The number of thiocarbonyl (C=S) groups is 1. The smallest absolute Gasteiger partial charge is 0.266 e. The lowest BCUT2D eigenvalue weighted by Crippen LogP contribution is -2.30. The van der Waals surface area contributed by atoms with E-state index in [1.807, 2.05) is 54.7 Å². The van der Waals surface area contributed by atoms with E-state index in [9.17, 15) is 9.18 Å². The van der Waals surface area contributed by atoms with Crippen molar-refractivity contribution in [3.05, 3.63) is 107 Å². The van der Waals surface area contributed by atoms with E-state index >= 15 is 0 Å². The van der Waals surface area contributed by atoms with E-state index in [0.717, 1.165) is 22.9 Å². The number of amides is 1. The van der Waals surface area contributed by atoms with Crippen molar-refractivity contribution < 1.29 is 13.9 Å². The quantitative estimate of drug-likeness (QED) is 0.209. The van der Waals surface area contributed by atoms with Crippen molar-refractivity contribution in [2.24, 2.45) is 0 Å². The van der Waals surface area contributed by atoms with E-state index < -0.39 is 0 Å². The zero-order valence-electron chi connectivity index (χ0n) is 18.9. The highest BCUT2D eigenvalue weighted by molar-refractivity contribution is 8.26. The molecule has 1 aliphatic heterocycles. The summed E-state index contributed by atoms with van der Waals surface area (Å²) < 4.78 is 22.2. The molecule has 1 aromatic heterocycles. The molecule has 0 unspecified atom stereocenters. The van der Waals surface area contributed by atoms with Crippen LogP contribution in [-0.4, -0.2) is 32.8 Å². The van der Waals surface area contributed by atoms with Crippen LogP contribution in [0.15, 0.2) is 90.0 Å². The molecule has 7 heteroatoms. The molecule has 35 heavy (non-hydrogen) atoms. The molecule has 0 aliphatic carbocycles. The summed E-state index contributed by atoms with van der Waals surface area (Å²) in [6.45, 7) is 1.42. The van der Waals surface area contributed by atoms with Gasteiger partial charge in [0.2, 0.25) is 0 Å². The molecule has 1 fully saturated rings. The fraction of sp³-hybridized carbons (Fsp3) is 0.143. The van der Waals surface area contributed by atoms with Crippen LogP contribution < -0.4 is 4.74 Å². The first-order chi connectivity index (χ1) is 17.1. The minimum Gasteiger partial charge on any atom is -0.489 e. The molecule has 5 rings (SSSR count). The maximum Gasteiger partial charge on any atom is 0.266 e. The highest BCUT2D eigenvalue weighted by Crippen LogP contribution is 2.34. The van der Waals surface area contributed by atoms with Crippen molar-refractivity contribution in [2.45, 2.75) is 13.0 Å². The first kappa shape index (κ1) is 23.3. The van der Waals surface area contributed by atoms with Crippen LogP contribution in [0.3, 0.4) is 0 Å². The summed E-state index contributed by atoms with van der Waals surface area (Å²) in [7, 11) is 0. The van der Waals surface area contributed by atoms with Crippen LogP contribution in [0.25, 0.3) is 17.0 Å². The Balaban J connectivity index is 1.33. The van der Waals surface area contributed by atoms with Gasteiger partial charge in [0.05, 0.1) is 11.4 Å². The molecule has 0 bridgehead atoms. The maximum atomic E-state index is 13.9. The second-order valence-corrected chi connectivity index (χ2v) is 9.82. The number of para-hydroxylation sites is 2. The fourth-order valence-corrected chi connectivity index (χ4v) is 5.41. The van der Waals surface area contributed by atoms with Crippen LogP contribution in [0.2, 0.25) is 0 Å². The van der Waals surface area contributed by atoms with Crippen LogP contribution in [0.1, 0.15) is 11.1 Å². The molecule has 4 aromatic rings. The van der Waals surface area contributed by atoms with Crippen molar-refractivity contribution in [2.75, 3.05) is 13.2 Å². The van der Waals surface area contributed by atoms with E-state index in [0.29, 0.717) is 28.9 Å². The van der Waals surface area contributed by atoms with Crippen LogP contribution in [-0.2, 0) is 17.8 Å². The van der Waals surface area contributed by atoms with Crippen molar-refractivity contribution in [3.8, 4) is 5.75 Å². The third-order valence-electron chi connectivity index (χ3n) is 5.87. The van der Waals surface area contributed by atoms with Crippen LogP contribution in [0.4, 0.5) is 4.39 Å². The van der Waals surface area contributed by atoms with Gasteiger partial charge >= 0.3 is 0 Å². The van der Waals surface area contributed by atoms with Gasteiger partial charge in [0.15, 0.2) is 11.6 Å². The Morgan fingerprint density at radius 1 is 0.943 bits per heavy atom. The first-order valence-electron chi connectivity index (χ1n) is 11.3. The molecule has 3 aromatic carbocycles. The van der Waals surface area contributed by atoms with E-state index in [4.69, 9.17) is 17.0 Å². The lowest BCUT2D eigenvalue weighted by atomic mass is 10.1. The molecule has 1 saturated heterocycles. The summed E-state index contributed by atoms with van der Waals surface area (Å²) in [5.41, 5.74) is 3.14. The Hall–Kier alpha value is -3.42. The number of fused-ring (bicyclic) bond motifs is 1. The number of aromatic nitrogens is 1. The number of carbonyl (C=O) groups excluding carboxylic acids is 1. The molecule has 2 heterocycles. The predicted octanol–water partition coefficient (Wildman–Crippen LogP) is 6.30. The Morgan fingerprint density at radius 2 is 1.69 bits per heavy atom. The van der Waals surface area contributed by atoms with Crippen molar-refractivity contribution in [1.29, 1.82) is 0 Å². The highest BCUT2D eigenvalue weighted by Gasteiger charge is 2.31. The zero-order valence-corrected chi connectivity index (χ0v) is 20.5. The summed E-state index contributed by atoms with van der Waals surface area (Å²) in [6, 6.07) is 24.5. The van der Waals surface area contributed by atoms with E-state index in [2.05, 4.69) is 16.7 Å². The van der Waals surface area contributed by atoms with E-state index in [-0.39, 0.29) is 17.5 Å². The number of halogens is 1. The molecular weight excluding hydrogens is 479 g/mol. The van der Waals surface area contributed by atoms with Gasteiger partial charge in [-0.3, -0.25) is 9.69 Å². The lowest BCUT2D eigenvalue weighted by Gasteiger charge is -2.14. The van der Waals surface area contributed by atoms with Gasteiger partial charge in [0, 0.05) is 29.2 Å². The number of benzene rings is 3. The monoisotopic (exact) mass is 502 g/mol. The molecule has 0 spiro atoms. The topological polar surface area (TPSA) is 34.5 Å². The Kier molecular flexibility index (Phi) is 6.97. The van der Waals surface area contributed by atoms with Crippen LogP contribution >= 0.6 is 24.0 Å². The Labute approximate surface area is 213 Å². The van der Waals surface area contributed by atoms with Crippen molar-refractivity contribution in [3.63, 3.8) is 0 Å². The number of thioether (sulfide) groups is 1. The molecule has 1 aliphatic rings. The summed E-state index contributed by atoms with van der Waals surface area (Å²) in [6.07, 6.45) is 4.67. The number of hydrogen-bond donors (Lipinski definition) is 0. The van der Waals surface area contributed by atoms with Gasteiger partial charge in [-0.25, -0.2) is 4.39 Å². The van der Waals surface area contributed by atoms with Crippen LogP contribution in [0.5, 0.6) is 5.75 Å². The Bertz CT molecular complexity index is 1420. The van der Waals surface area contributed by atoms with Gasteiger partial charge in [-0.15, -0.1) is 0 Å². The van der Waals surface area contributed by atoms with Crippen molar-refractivity contribution in [1.82, 2.24) is 9.47 Å². The molecule has 0 N–H and O–H groups in total. The average Bonchev–Trinajstić information content (AvgIpc) is 3.36. The van der Waals surface area contributed by atoms with Gasteiger partial charge in [0.25, 0.3) is 5.91 Å². The second kappa shape index (κ2) is 10.5. The molecule has 4 nitrogen and oxygen atoms in total. The molecule has 0 saturated carbocycles. The minimum absolute atomic E-state index is 0.0596. The van der Waals surface area contributed by atoms with Gasteiger partial charge in [-0.2, -0.15) is 0 Å². The normalized spacial score (nSPS) is 14.9. The van der Waals surface area contributed by atoms with Crippen LogP contribution in [0, 0.1) is 5.82 Å². The van der Waals surface area contributed by atoms with Crippen molar-refractivity contribution >= 4 is 51.2 Å².